The number of hydrogen-bond donors (Lipinski definition) is 3. The van der Waals surface area contributed by atoms with E-state index in [4.69, 9.17) is 5.73 Å². The summed E-state index contributed by atoms with van der Waals surface area (Å²) >= 11 is 0. The fourth-order valence-corrected chi connectivity index (χ4v) is 2.49. The van der Waals surface area contributed by atoms with E-state index in [9.17, 15) is 9.59 Å². The van der Waals surface area contributed by atoms with E-state index in [0.717, 1.165) is 11.1 Å². The number of halogens is 1. The Morgan fingerprint density at radius 2 is 1.68 bits per heavy atom. The number of carbonyl (C=O) groups is 2. The van der Waals surface area contributed by atoms with Crippen LogP contribution in [0.5, 0.6) is 0 Å². The molecule has 0 aliphatic rings. The lowest BCUT2D eigenvalue weighted by atomic mass is 10.0. The molecule has 2 unspecified atom stereocenters. The summed E-state index contributed by atoms with van der Waals surface area (Å²) in [5, 5.41) is 5.68. The van der Waals surface area contributed by atoms with Gasteiger partial charge >= 0.3 is 0 Å². The highest BCUT2D eigenvalue weighted by Gasteiger charge is 2.14. The molecule has 25 heavy (non-hydrogen) atoms. The van der Waals surface area contributed by atoms with Gasteiger partial charge in [-0.3, -0.25) is 9.59 Å². The third kappa shape index (κ3) is 6.57. The van der Waals surface area contributed by atoms with Gasteiger partial charge in [0.1, 0.15) is 0 Å². The molecule has 0 aromatic heterocycles. The second-order valence-corrected chi connectivity index (χ2v) is 5.82. The summed E-state index contributed by atoms with van der Waals surface area (Å²) in [4.78, 5) is 23.3. The maximum atomic E-state index is 12.2. The first-order chi connectivity index (χ1) is 11.5. The molecule has 134 valence electrons. The van der Waals surface area contributed by atoms with Crippen LogP contribution in [0.1, 0.15) is 43.5 Å². The van der Waals surface area contributed by atoms with Crippen molar-refractivity contribution in [2.75, 3.05) is 5.32 Å². The molecule has 2 rings (SSSR count). The van der Waals surface area contributed by atoms with Crippen molar-refractivity contribution in [3.05, 3.63) is 65.7 Å². The number of hydrogen-bond acceptors (Lipinski definition) is 3. The van der Waals surface area contributed by atoms with Crippen LogP contribution in [0.25, 0.3) is 0 Å². The molecular formula is C19H24ClN3O2. The number of nitrogens with one attached hydrogen (secondary N) is 2. The zero-order valence-corrected chi connectivity index (χ0v) is 15.2. The SMILES string of the molecule is CC(=O)Nc1cccc(C(C)NC(=O)CC(N)c2ccccc2)c1.Cl. The lowest BCUT2D eigenvalue weighted by Crippen LogP contribution is -2.29. The summed E-state index contributed by atoms with van der Waals surface area (Å²) in [6.45, 7) is 3.36. The Kier molecular flexibility index (Phi) is 8.11. The first-order valence-electron chi connectivity index (χ1n) is 7.93. The molecule has 0 aliphatic carbocycles. The molecule has 5 nitrogen and oxygen atoms in total. The zero-order valence-electron chi connectivity index (χ0n) is 14.4. The van der Waals surface area contributed by atoms with Gasteiger partial charge in [-0.2, -0.15) is 0 Å². The van der Waals surface area contributed by atoms with Gasteiger partial charge < -0.3 is 16.4 Å². The predicted octanol–water partition coefficient (Wildman–Crippen LogP) is 3.33. The molecule has 0 saturated heterocycles. The van der Waals surface area contributed by atoms with E-state index in [-0.39, 0.29) is 42.7 Å². The number of rotatable bonds is 6. The first kappa shape index (κ1) is 20.7. The van der Waals surface area contributed by atoms with Crippen LogP contribution in [0.2, 0.25) is 0 Å². The van der Waals surface area contributed by atoms with Crippen LogP contribution in [0, 0.1) is 0 Å². The van der Waals surface area contributed by atoms with Gasteiger partial charge in [0.05, 0.1) is 6.04 Å². The van der Waals surface area contributed by atoms with Gasteiger partial charge in [0.2, 0.25) is 11.8 Å². The third-order valence-electron chi connectivity index (χ3n) is 3.72. The van der Waals surface area contributed by atoms with Crippen LogP contribution in [-0.4, -0.2) is 11.8 Å². The summed E-state index contributed by atoms with van der Waals surface area (Å²) in [6.07, 6.45) is 0.222. The Labute approximate surface area is 154 Å². The van der Waals surface area contributed by atoms with Crippen molar-refractivity contribution in [1.82, 2.24) is 5.32 Å². The number of anilines is 1. The summed E-state index contributed by atoms with van der Waals surface area (Å²) < 4.78 is 0. The highest BCUT2D eigenvalue weighted by molar-refractivity contribution is 5.88. The Morgan fingerprint density at radius 1 is 1.04 bits per heavy atom. The lowest BCUT2D eigenvalue weighted by Gasteiger charge is -2.17. The van der Waals surface area contributed by atoms with E-state index in [0.29, 0.717) is 5.69 Å². The summed E-state index contributed by atoms with van der Waals surface area (Å²) in [6, 6.07) is 16.5. The molecule has 0 saturated carbocycles. The van der Waals surface area contributed by atoms with Crippen LogP contribution < -0.4 is 16.4 Å². The minimum Gasteiger partial charge on any atom is -0.350 e. The van der Waals surface area contributed by atoms with Gasteiger partial charge in [-0.15, -0.1) is 12.4 Å². The Balaban J connectivity index is 0.00000312. The second kappa shape index (κ2) is 9.81. The van der Waals surface area contributed by atoms with Crippen LogP contribution in [0.15, 0.2) is 54.6 Å². The summed E-state index contributed by atoms with van der Waals surface area (Å²) in [5.41, 5.74) is 8.65. The van der Waals surface area contributed by atoms with Crippen molar-refractivity contribution in [2.24, 2.45) is 5.73 Å². The van der Waals surface area contributed by atoms with Crippen molar-refractivity contribution < 1.29 is 9.59 Å². The number of nitrogens with two attached hydrogens (primary N) is 1. The Bertz CT molecular complexity index is 707. The van der Waals surface area contributed by atoms with Crippen LogP contribution >= 0.6 is 12.4 Å². The van der Waals surface area contributed by atoms with Gasteiger partial charge in [-0.25, -0.2) is 0 Å². The number of amides is 2. The molecule has 6 heteroatoms. The lowest BCUT2D eigenvalue weighted by molar-refractivity contribution is -0.122. The molecule has 0 spiro atoms. The fourth-order valence-electron chi connectivity index (χ4n) is 2.49. The normalized spacial score (nSPS) is 12.4. The van der Waals surface area contributed by atoms with E-state index in [1.165, 1.54) is 6.92 Å². The van der Waals surface area contributed by atoms with Crippen LogP contribution in [0.3, 0.4) is 0 Å². The maximum Gasteiger partial charge on any atom is 0.222 e. The maximum absolute atomic E-state index is 12.2. The van der Waals surface area contributed by atoms with Gasteiger partial charge in [0.15, 0.2) is 0 Å². The number of benzene rings is 2. The van der Waals surface area contributed by atoms with E-state index in [2.05, 4.69) is 10.6 Å². The van der Waals surface area contributed by atoms with Gasteiger partial charge in [0.25, 0.3) is 0 Å². The van der Waals surface area contributed by atoms with E-state index in [1.807, 2.05) is 61.5 Å². The average molecular weight is 362 g/mol. The minimum absolute atomic E-state index is 0. The molecule has 2 aromatic carbocycles. The highest BCUT2D eigenvalue weighted by Crippen LogP contribution is 2.19. The molecule has 4 N–H and O–H groups in total. The molecule has 2 aromatic rings. The van der Waals surface area contributed by atoms with Crippen molar-refractivity contribution in [2.45, 2.75) is 32.4 Å². The van der Waals surface area contributed by atoms with Crippen molar-refractivity contribution in [3.63, 3.8) is 0 Å². The van der Waals surface area contributed by atoms with E-state index >= 15 is 0 Å². The summed E-state index contributed by atoms with van der Waals surface area (Å²) in [7, 11) is 0. The fraction of sp³-hybridized carbons (Fsp3) is 0.263. The standard InChI is InChI=1S/C19H23N3O2.ClH/c1-13(16-9-6-10-17(11-16)22-14(2)23)21-19(24)12-18(20)15-7-4-3-5-8-15;/h3-11,13,18H,12,20H2,1-2H3,(H,21,24)(H,22,23);1H. The molecule has 0 aliphatic heterocycles. The topological polar surface area (TPSA) is 84.2 Å². The van der Waals surface area contributed by atoms with Gasteiger partial charge in [-0.05, 0) is 30.2 Å². The third-order valence-corrected chi connectivity index (χ3v) is 3.72. The average Bonchev–Trinajstić information content (AvgIpc) is 2.55. The van der Waals surface area contributed by atoms with Crippen LogP contribution in [-0.2, 0) is 9.59 Å². The summed E-state index contributed by atoms with van der Waals surface area (Å²) in [5.74, 6) is -0.235. The smallest absolute Gasteiger partial charge is 0.222 e. The van der Waals surface area contributed by atoms with Crippen molar-refractivity contribution >= 4 is 29.9 Å². The van der Waals surface area contributed by atoms with E-state index < -0.39 is 0 Å². The van der Waals surface area contributed by atoms with Crippen molar-refractivity contribution in [1.29, 1.82) is 0 Å². The molecule has 0 radical (unpaired) electrons. The minimum atomic E-state index is -0.330. The Morgan fingerprint density at radius 3 is 2.32 bits per heavy atom. The largest absolute Gasteiger partial charge is 0.350 e. The molecule has 2 atom stereocenters. The predicted molar refractivity (Wildman–Crippen MR) is 103 cm³/mol. The van der Waals surface area contributed by atoms with Gasteiger partial charge in [0, 0.05) is 25.1 Å². The second-order valence-electron chi connectivity index (χ2n) is 5.82. The number of carbonyl (C=O) groups excluding carboxylic acids is 2. The zero-order chi connectivity index (χ0) is 17.5. The molecule has 0 bridgehead atoms. The first-order valence-corrected chi connectivity index (χ1v) is 7.93. The Hall–Kier alpha value is -2.37. The van der Waals surface area contributed by atoms with Crippen LogP contribution in [0.4, 0.5) is 5.69 Å². The van der Waals surface area contributed by atoms with E-state index in [1.54, 1.807) is 0 Å². The van der Waals surface area contributed by atoms with Gasteiger partial charge in [-0.1, -0.05) is 42.5 Å². The van der Waals surface area contributed by atoms with Crippen molar-refractivity contribution in [3.8, 4) is 0 Å². The monoisotopic (exact) mass is 361 g/mol. The molecule has 0 heterocycles. The quantitative estimate of drug-likeness (QED) is 0.737. The molecular weight excluding hydrogens is 338 g/mol. The molecule has 0 fully saturated rings. The molecule has 2 amide bonds. The highest BCUT2D eigenvalue weighted by atomic mass is 35.5.